The van der Waals surface area contributed by atoms with E-state index in [1.54, 1.807) is 7.11 Å². The van der Waals surface area contributed by atoms with E-state index in [0.29, 0.717) is 0 Å². The van der Waals surface area contributed by atoms with Crippen molar-refractivity contribution in [1.82, 2.24) is 0 Å². The number of benzene rings is 3. The molecule has 0 radical (unpaired) electrons. The zero-order chi connectivity index (χ0) is 22.3. The van der Waals surface area contributed by atoms with Crippen LogP contribution in [0.25, 0.3) is 32.0 Å². The Labute approximate surface area is 186 Å². The number of halogens is 1. The molecule has 4 rings (SSSR count). The lowest BCUT2D eigenvalue weighted by molar-refractivity contribution is -2.00. The Morgan fingerprint density at radius 1 is 0.581 bits per heavy atom. The number of methoxy groups -OCH3 is 1. The predicted molar refractivity (Wildman–Crippen MR) is 112 cm³/mol. The predicted octanol–water partition coefficient (Wildman–Crippen LogP) is 2.28. The Bertz CT molecular complexity index is 1030. The van der Waals surface area contributed by atoms with Gasteiger partial charge in [0.05, 0.1) is 7.11 Å². The Balaban J connectivity index is 0.000000491. The summed E-state index contributed by atoms with van der Waals surface area (Å²) in [4.78, 5) is 2.52. The Morgan fingerprint density at radius 2 is 1.00 bits per heavy atom. The third kappa shape index (κ3) is 7.11. The molecule has 1 heterocycles. The SMILES string of the molecule is COc1ccc(-c2cc(-c3ccccc3)[s+]c(-c3ccccc3)c2)cc1.[O-][Cl+3]([O-])([O-])[O-]. The molecule has 0 aliphatic rings. The van der Waals surface area contributed by atoms with Gasteiger partial charge in [-0.1, -0.05) is 48.5 Å². The van der Waals surface area contributed by atoms with Crippen molar-refractivity contribution in [1.29, 1.82) is 0 Å². The zero-order valence-electron chi connectivity index (χ0n) is 16.6. The van der Waals surface area contributed by atoms with E-state index >= 15 is 0 Å². The average molecular weight is 455 g/mol. The van der Waals surface area contributed by atoms with Crippen LogP contribution in [0.15, 0.2) is 97.1 Å². The summed E-state index contributed by atoms with van der Waals surface area (Å²) in [7, 11) is -3.25. The molecule has 0 bridgehead atoms. The summed E-state index contributed by atoms with van der Waals surface area (Å²) in [5.74, 6) is 0.874. The van der Waals surface area contributed by atoms with Crippen LogP contribution in [0.5, 0.6) is 5.75 Å². The van der Waals surface area contributed by atoms with Crippen LogP contribution in [0.3, 0.4) is 0 Å². The largest absolute Gasteiger partial charge is 0.497 e. The van der Waals surface area contributed by atoms with Gasteiger partial charge in [-0.2, -0.15) is 0 Å². The molecule has 158 valence electrons. The van der Waals surface area contributed by atoms with E-state index in [0.717, 1.165) is 5.75 Å². The van der Waals surface area contributed by atoms with Crippen molar-refractivity contribution >= 4 is 11.3 Å². The minimum absolute atomic E-state index is 0.874. The molecule has 3 aromatic carbocycles. The molecule has 0 saturated carbocycles. The fraction of sp³-hybridized carbons (Fsp3) is 0.0417. The first-order valence-corrected chi connectivity index (χ1v) is 11.2. The summed E-state index contributed by atoms with van der Waals surface area (Å²) < 4.78 is 39.3. The van der Waals surface area contributed by atoms with Crippen LogP contribution in [-0.4, -0.2) is 7.11 Å². The van der Waals surface area contributed by atoms with Gasteiger partial charge in [0.25, 0.3) is 0 Å². The summed E-state index contributed by atoms with van der Waals surface area (Å²) >= 11 is 1.82. The van der Waals surface area contributed by atoms with Crippen LogP contribution >= 0.6 is 11.3 Å². The molecule has 0 spiro atoms. The Hall–Kier alpha value is -2.84. The van der Waals surface area contributed by atoms with Crippen molar-refractivity contribution in [3.8, 4) is 37.8 Å². The quantitative estimate of drug-likeness (QED) is 0.440. The maximum atomic E-state index is 8.49. The number of hydrogen-bond donors (Lipinski definition) is 0. The summed E-state index contributed by atoms with van der Waals surface area (Å²) in [5, 5.41) is 0. The first-order chi connectivity index (χ1) is 14.8. The molecule has 0 unspecified atom stereocenters. The molecule has 5 nitrogen and oxygen atoms in total. The molecule has 0 aliphatic carbocycles. The van der Waals surface area contributed by atoms with Crippen LogP contribution in [0.4, 0.5) is 0 Å². The smallest absolute Gasteiger partial charge is 0.239 e. The van der Waals surface area contributed by atoms with E-state index in [1.165, 1.54) is 32.0 Å². The van der Waals surface area contributed by atoms with Crippen LogP contribution < -0.4 is 23.4 Å². The molecule has 0 saturated heterocycles. The third-order valence-electron chi connectivity index (χ3n) is 4.33. The Kier molecular flexibility index (Phi) is 7.70. The number of hydrogen-bond acceptors (Lipinski definition) is 5. The number of ether oxygens (including phenoxy) is 1. The standard InChI is InChI=1S/C24H19OS.ClHO4/c1-25-22-14-12-18(13-15-22)21-16-23(19-8-4-2-5-9-19)26-24(17-21)20-10-6-3-7-11-20;2-1(3,4)5/h2-17H,1H3;(H,2,3,4,5)/q+1;/p-1. The van der Waals surface area contributed by atoms with Gasteiger partial charge in [-0.15, -0.1) is 10.2 Å². The van der Waals surface area contributed by atoms with Gasteiger partial charge >= 0.3 is 0 Å². The molecular weight excluding hydrogens is 436 g/mol. The van der Waals surface area contributed by atoms with Crippen molar-refractivity contribution in [3.05, 3.63) is 97.1 Å². The van der Waals surface area contributed by atoms with E-state index in [2.05, 4.69) is 84.9 Å². The summed E-state index contributed by atoms with van der Waals surface area (Å²) in [6.07, 6.45) is 0. The van der Waals surface area contributed by atoms with Gasteiger partial charge in [-0.3, -0.25) is 0 Å². The van der Waals surface area contributed by atoms with Gasteiger partial charge in [0.1, 0.15) is 5.75 Å². The second-order valence-corrected chi connectivity index (χ2v) is 8.25. The van der Waals surface area contributed by atoms with Crippen molar-refractivity contribution in [2.45, 2.75) is 0 Å². The molecule has 4 aromatic rings. The number of rotatable bonds is 4. The van der Waals surface area contributed by atoms with Gasteiger partial charge in [0, 0.05) is 23.3 Å². The van der Waals surface area contributed by atoms with Crippen molar-refractivity contribution < 1.29 is 33.6 Å². The normalized spacial score (nSPS) is 10.7. The van der Waals surface area contributed by atoms with Crippen LogP contribution in [0, 0.1) is 10.2 Å². The lowest BCUT2D eigenvalue weighted by Crippen LogP contribution is -2.68. The molecule has 0 atom stereocenters. The van der Waals surface area contributed by atoms with Crippen LogP contribution in [0.2, 0.25) is 0 Å². The van der Waals surface area contributed by atoms with Gasteiger partial charge in [0.2, 0.25) is 21.1 Å². The fourth-order valence-electron chi connectivity index (χ4n) is 2.94. The second-order valence-electron chi connectivity index (χ2n) is 6.41. The van der Waals surface area contributed by atoms with Gasteiger partial charge in [0.15, 0.2) is 0 Å². The molecule has 0 aliphatic heterocycles. The van der Waals surface area contributed by atoms with E-state index in [-0.39, 0.29) is 0 Å². The molecule has 0 amide bonds. The monoisotopic (exact) mass is 454 g/mol. The highest BCUT2D eigenvalue weighted by Crippen LogP contribution is 2.37. The van der Waals surface area contributed by atoms with Gasteiger partial charge in [-0.05, 0) is 47.5 Å². The lowest BCUT2D eigenvalue weighted by Gasteiger charge is -2.17. The summed E-state index contributed by atoms with van der Waals surface area (Å²) in [5.41, 5.74) is 4.88. The zero-order valence-corrected chi connectivity index (χ0v) is 18.1. The first-order valence-electron chi connectivity index (χ1n) is 9.19. The van der Waals surface area contributed by atoms with E-state index in [9.17, 15) is 0 Å². The fourth-order valence-corrected chi connectivity index (χ4v) is 4.06. The van der Waals surface area contributed by atoms with E-state index in [1.807, 2.05) is 23.5 Å². The minimum atomic E-state index is -4.94. The maximum absolute atomic E-state index is 8.49. The molecule has 1 aromatic heterocycles. The minimum Gasteiger partial charge on any atom is -0.497 e. The van der Waals surface area contributed by atoms with Crippen LogP contribution in [-0.2, 0) is 0 Å². The second kappa shape index (κ2) is 10.5. The highest BCUT2D eigenvalue weighted by Gasteiger charge is 2.19. The topological polar surface area (TPSA) is 101 Å². The first kappa shape index (κ1) is 22.8. The van der Waals surface area contributed by atoms with Crippen LogP contribution in [0.1, 0.15) is 0 Å². The Morgan fingerprint density at radius 3 is 1.39 bits per heavy atom. The molecule has 0 N–H and O–H groups in total. The highest BCUT2D eigenvalue weighted by atomic mass is 35.7. The maximum Gasteiger partial charge on any atom is 0.239 e. The van der Waals surface area contributed by atoms with Gasteiger partial charge in [-0.25, -0.2) is 18.6 Å². The molecule has 7 heteroatoms. The third-order valence-corrected chi connectivity index (χ3v) is 5.48. The average Bonchev–Trinajstić information content (AvgIpc) is 2.79. The molecule has 31 heavy (non-hydrogen) atoms. The van der Waals surface area contributed by atoms with Crippen molar-refractivity contribution in [3.63, 3.8) is 0 Å². The molecular formula is C24H19ClO5S. The molecule has 0 fully saturated rings. The van der Waals surface area contributed by atoms with E-state index < -0.39 is 10.2 Å². The highest BCUT2D eigenvalue weighted by molar-refractivity contribution is 7.18. The van der Waals surface area contributed by atoms with E-state index in [4.69, 9.17) is 23.4 Å². The van der Waals surface area contributed by atoms with Gasteiger partial charge < -0.3 is 4.74 Å². The summed E-state index contributed by atoms with van der Waals surface area (Å²) in [6.45, 7) is 0. The van der Waals surface area contributed by atoms with Crippen molar-refractivity contribution in [2.75, 3.05) is 7.11 Å². The van der Waals surface area contributed by atoms with Crippen molar-refractivity contribution in [2.24, 2.45) is 0 Å². The lowest BCUT2D eigenvalue weighted by atomic mass is 10.0. The summed E-state index contributed by atoms with van der Waals surface area (Å²) in [6, 6.07) is 33.9.